The maximum Gasteiger partial charge on any atom is 0.265 e. The van der Waals surface area contributed by atoms with Gasteiger partial charge in [0.2, 0.25) is 0 Å². The maximum absolute atomic E-state index is 12.6. The van der Waals surface area contributed by atoms with Crippen molar-refractivity contribution in [3.05, 3.63) is 52.5 Å². The average molecular weight is 381 g/mol. The number of nitrogens with one attached hydrogen (secondary N) is 1. The van der Waals surface area contributed by atoms with E-state index in [0.717, 1.165) is 0 Å². The summed E-state index contributed by atoms with van der Waals surface area (Å²) >= 11 is 3.26. The van der Waals surface area contributed by atoms with Crippen molar-refractivity contribution >= 4 is 31.6 Å². The molecule has 0 amide bonds. The Bertz CT molecular complexity index is 829. The van der Waals surface area contributed by atoms with Crippen molar-refractivity contribution in [3.8, 4) is 11.8 Å². The van der Waals surface area contributed by atoms with Crippen LogP contribution in [-0.4, -0.2) is 15.0 Å². The third kappa shape index (κ3) is 3.78. The molecular formula is C15H13BrN2O3S. The Kier molecular flexibility index (Phi) is 5.06. The van der Waals surface area contributed by atoms with E-state index in [1.54, 1.807) is 37.3 Å². The van der Waals surface area contributed by atoms with E-state index in [2.05, 4.69) is 20.7 Å². The van der Waals surface area contributed by atoms with Gasteiger partial charge in [-0.1, -0.05) is 22.0 Å². The zero-order valence-electron chi connectivity index (χ0n) is 11.7. The van der Waals surface area contributed by atoms with Crippen molar-refractivity contribution in [2.24, 2.45) is 0 Å². The lowest BCUT2D eigenvalue weighted by Gasteiger charge is -2.13. The first-order valence-corrected chi connectivity index (χ1v) is 8.69. The Balaban J connectivity index is 2.42. The molecule has 0 heterocycles. The summed E-state index contributed by atoms with van der Waals surface area (Å²) in [6.45, 7) is 2.14. The highest BCUT2D eigenvalue weighted by Crippen LogP contribution is 2.29. The topological polar surface area (TPSA) is 79.2 Å². The number of nitrogens with zero attached hydrogens (tertiary/aromatic N) is 1. The minimum atomic E-state index is -3.83. The first-order valence-electron chi connectivity index (χ1n) is 6.41. The van der Waals surface area contributed by atoms with Crippen LogP contribution < -0.4 is 9.46 Å². The van der Waals surface area contributed by atoms with Crippen molar-refractivity contribution in [2.75, 3.05) is 11.3 Å². The van der Waals surface area contributed by atoms with Crippen molar-refractivity contribution in [2.45, 2.75) is 11.8 Å². The first kappa shape index (κ1) is 16.3. The van der Waals surface area contributed by atoms with E-state index in [1.807, 2.05) is 6.07 Å². The Morgan fingerprint density at radius 1 is 1.27 bits per heavy atom. The highest BCUT2D eigenvalue weighted by Gasteiger charge is 2.20. The maximum atomic E-state index is 12.6. The SMILES string of the molecule is CCOc1ccc(Br)cc1S(=O)(=O)Nc1cccc(C#N)c1. The normalized spacial score (nSPS) is 10.8. The summed E-state index contributed by atoms with van der Waals surface area (Å²) in [4.78, 5) is 0.0334. The lowest BCUT2D eigenvalue weighted by atomic mass is 10.2. The van der Waals surface area contributed by atoms with Gasteiger partial charge in [-0.25, -0.2) is 8.42 Å². The Hall–Kier alpha value is -2.04. The van der Waals surface area contributed by atoms with Gasteiger partial charge in [0.1, 0.15) is 10.6 Å². The summed E-state index contributed by atoms with van der Waals surface area (Å²) in [5.74, 6) is 0.273. The van der Waals surface area contributed by atoms with E-state index in [1.165, 1.54) is 12.1 Å². The molecule has 22 heavy (non-hydrogen) atoms. The molecule has 1 N–H and O–H groups in total. The van der Waals surface area contributed by atoms with Gasteiger partial charge in [-0.05, 0) is 43.3 Å². The van der Waals surface area contributed by atoms with Gasteiger partial charge in [-0.15, -0.1) is 0 Å². The summed E-state index contributed by atoms with van der Waals surface area (Å²) < 4.78 is 33.6. The van der Waals surface area contributed by atoms with E-state index >= 15 is 0 Å². The van der Waals surface area contributed by atoms with Crippen LogP contribution in [0.2, 0.25) is 0 Å². The summed E-state index contributed by atoms with van der Waals surface area (Å²) in [7, 11) is -3.83. The lowest BCUT2D eigenvalue weighted by Crippen LogP contribution is -2.14. The largest absolute Gasteiger partial charge is 0.492 e. The van der Waals surface area contributed by atoms with E-state index < -0.39 is 10.0 Å². The molecule has 7 heteroatoms. The van der Waals surface area contributed by atoms with Crippen molar-refractivity contribution in [3.63, 3.8) is 0 Å². The van der Waals surface area contributed by atoms with Gasteiger partial charge in [0.25, 0.3) is 10.0 Å². The van der Waals surface area contributed by atoms with Gasteiger partial charge in [0, 0.05) is 4.47 Å². The van der Waals surface area contributed by atoms with Gasteiger partial charge >= 0.3 is 0 Å². The molecular weight excluding hydrogens is 368 g/mol. The van der Waals surface area contributed by atoms with Crippen LogP contribution in [0.3, 0.4) is 0 Å². The zero-order chi connectivity index (χ0) is 16.2. The molecule has 0 spiro atoms. The average Bonchev–Trinajstić information content (AvgIpc) is 2.49. The molecule has 0 aliphatic carbocycles. The number of benzene rings is 2. The smallest absolute Gasteiger partial charge is 0.265 e. The van der Waals surface area contributed by atoms with Crippen LogP contribution in [-0.2, 0) is 10.0 Å². The highest BCUT2D eigenvalue weighted by atomic mass is 79.9. The third-order valence-corrected chi connectivity index (χ3v) is 4.63. The molecule has 0 aliphatic heterocycles. The van der Waals surface area contributed by atoms with Crippen LogP contribution in [0.1, 0.15) is 12.5 Å². The summed E-state index contributed by atoms with van der Waals surface area (Å²) in [5, 5.41) is 8.87. The van der Waals surface area contributed by atoms with Crippen LogP contribution in [0.5, 0.6) is 5.75 Å². The predicted octanol–water partition coefficient (Wildman–Crippen LogP) is 3.52. The van der Waals surface area contributed by atoms with Crippen LogP contribution in [0.25, 0.3) is 0 Å². The molecule has 0 saturated heterocycles. The second-order valence-electron chi connectivity index (χ2n) is 4.32. The number of ether oxygens (including phenoxy) is 1. The monoisotopic (exact) mass is 380 g/mol. The molecule has 0 unspecified atom stereocenters. The van der Waals surface area contributed by atoms with Crippen LogP contribution >= 0.6 is 15.9 Å². The Morgan fingerprint density at radius 3 is 2.73 bits per heavy atom. The molecule has 0 bridgehead atoms. The van der Waals surface area contributed by atoms with E-state index in [0.29, 0.717) is 22.3 Å². The third-order valence-electron chi connectivity index (χ3n) is 2.74. The Morgan fingerprint density at radius 2 is 2.05 bits per heavy atom. The second kappa shape index (κ2) is 6.81. The van der Waals surface area contributed by atoms with Crippen molar-refractivity contribution < 1.29 is 13.2 Å². The quantitative estimate of drug-likeness (QED) is 0.860. The van der Waals surface area contributed by atoms with Gasteiger partial charge in [-0.2, -0.15) is 5.26 Å². The van der Waals surface area contributed by atoms with Crippen molar-refractivity contribution in [1.82, 2.24) is 0 Å². The fourth-order valence-corrected chi connectivity index (χ4v) is 3.56. The number of anilines is 1. The fraction of sp³-hybridized carbons (Fsp3) is 0.133. The van der Waals surface area contributed by atoms with Crippen LogP contribution in [0.4, 0.5) is 5.69 Å². The van der Waals surface area contributed by atoms with Crippen molar-refractivity contribution in [1.29, 1.82) is 5.26 Å². The molecule has 0 aliphatic rings. The lowest BCUT2D eigenvalue weighted by molar-refractivity contribution is 0.331. The number of halogens is 1. The number of sulfonamides is 1. The molecule has 2 aromatic carbocycles. The van der Waals surface area contributed by atoms with Crippen LogP contribution in [0.15, 0.2) is 51.8 Å². The standard InChI is InChI=1S/C15H13BrN2O3S/c1-2-21-14-7-6-12(16)9-15(14)22(19,20)18-13-5-3-4-11(8-13)10-17/h3-9,18H,2H2,1H3. The van der Waals surface area contributed by atoms with Crippen LogP contribution in [0, 0.1) is 11.3 Å². The molecule has 5 nitrogen and oxygen atoms in total. The van der Waals surface area contributed by atoms with Gasteiger partial charge < -0.3 is 4.74 Å². The highest BCUT2D eigenvalue weighted by molar-refractivity contribution is 9.10. The molecule has 0 radical (unpaired) electrons. The van der Waals surface area contributed by atoms with E-state index in [-0.39, 0.29) is 10.6 Å². The minimum absolute atomic E-state index is 0.0334. The zero-order valence-corrected chi connectivity index (χ0v) is 14.1. The molecule has 0 aromatic heterocycles. The molecule has 0 atom stereocenters. The van der Waals surface area contributed by atoms with Gasteiger partial charge in [0.05, 0.1) is 23.9 Å². The van der Waals surface area contributed by atoms with E-state index in [9.17, 15) is 8.42 Å². The number of hydrogen-bond acceptors (Lipinski definition) is 4. The number of nitriles is 1. The van der Waals surface area contributed by atoms with Gasteiger partial charge in [0.15, 0.2) is 0 Å². The summed E-state index contributed by atoms with van der Waals surface area (Å²) in [6.07, 6.45) is 0. The van der Waals surface area contributed by atoms with Gasteiger partial charge in [-0.3, -0.25) is 4.72 Å². The van der Waals surface area contributed by atoms with E-state index in [4.69, 9.17) is 10.00 Å². The minimum Gasteiger partial charge on any atom is -0.492 e. The number of rotatable bonds is 5. The summed E-state index contributed by atoms with van der Waals surface area (Å²) in [6, 6.07) is 13.0. The fourth-order valence-electron chi connectivity index (χ4n) is 1.83. The summed E-state index contributed by atoms with van der Waals surface area (Å²) in [5.41, 5.74) is 0.695. The Labute approximate surface area is 137 Å². The molecule has 2 aromatic rings. The first-order chi connectivity index (χ1) is 10.5. The number of hydrogen-bond donors (Lipinski definition) is 1. The molecule has 2 rings (SSSR count). The molecule has 0 fully saturated rings. The second-order valence-corrected chi connectivity index (χ2v) is 6.89. The molecule has 114 valence electrons. The molecule has 0 saturated carbocycles. The predicted molar refractivity (Wildman–Crippen MR) is 87.3 cm³/mol.